The zero-order valence-corrected chi connectivity index (χ0v) is 11.2. The molecule has 0 radical (unpaired) electrons. The highest BCUT2D eigenvalue weighted by atomic mass is 32.2. The Morgan fingerprint density at radius 2 is 2.06 bits per heavy atom. The number of anilines is 1. The molecule has 0 heterocycles. The van der Waals surface area contributed by atoms with Crippen molar-refractivity contribution in [2.45, 2.75) is 20.4 Å². The fourth-order valence-electron chi connectivity index (χ4n) is 1.23. The van der Waals surface area contributed by atoms with Gasteiger partial charge in [0.25, 0.3) is 10.2 Å². The number of hydrogen-bond donors (Lipinski definition) is 3. The van der Waals surface area contributed by atoms with E-state index < -0.39 is 16.0 Å². The third-order valence-electron chi connectivity index (χ3n) is 2.20. The van der Waals surface area contributed by atoms with Crippen LogP contribution in [0.4, 0.5) is 10.1 Å². The molecule has 0 bridgehead atoms. The van der Waals surface area contributed by atoms with Crippen molar-refractivity contribution in [1.82, 2.24) is 4.72 Å². The van der Waals surface area contributed by atoms with Gasteiger partial charge in [-0.25, -0.2) is 4.39 Å². The molecule has 18 heavy (non-hydrogen) atoms. The van der Waals surface area contributed by atoms with Crippen LogP contribution in [0.15, 0.2) is 18.2 Å². The van der Waals surface area contributed by atoms with Gasteiger partial charge in [0.05, 0.1) is 5.69 Å². The van der Waals surface area contributed by atoms with E-state index in [1.807, 2.05) is 13.8 Å². The topological polar surface area (TPSA) is 84.2 Å². The fraction of sp³-hybridized carbons (Fsp3) is 0.455. The van der Waals surface area contributed by atoms with Gasteiger partial charge in [0.15, 0.2) is 0 Å². The van der Waals surface area contributed by atoms with Crippen molar-refractivity contribution >= 4 is 15.9 Å². The van der Waals surface area contributed by atoms with Crippen molar-refractivity contribution < 1.29 is 12.8 Å². The number of nitrogens with one attached hydrogen (secondary N) is 2. The van der Waals surface area contributed by atoms with Crippen LogP contribution in [0.2, 0.25) is 0 Å². The molecule has 0 fully saturated rings. The Morgan fingerprint density at radius 1 is 1.39 bits per heavy atom. The number of halogens is 1. The van der Waals surface area contributed by atoms with Crippen LogP contribution in [0.1, 0.15) is 19.4 Å². The maximum absolute atomic E-state index is 13.6. The second-order valence-corrected chi connectivity index (χ2v) is 5.87. The van der Waals surface area contributed by atoms with Gasteiger partial charge < -0.3 is 5.73 Å². The van der Waals surface area contributed by atoms with Gasteiger partial charge in [-0.1, -0.05) is 19.9 Å². The van der Waals surface area contributed by atoms with Crippen LogP contribution in [-0.4, -0.2) is 15.0 Å². The first-order valence-electron chi connectivity index (χ1n) is 5.60. The molecule has 0 aliphatic heterocycles. The molecule has 0 aliphatic rings. The monoisotopic (exact) mass is 275 g/mol. The second kappa shape index (κ2) is 6.12. The largest absolute Gasteiger partial charge is 0.326 e. The second-order valence-electron chi connectivity index (χ2n) is 4.37. The Kier molecular flexibility index (Phi) is 5.06. The van der Waals surface area contributed by atoms with Crippen molar-refractivity contribution in [2.24, 2.45) is 11.7 Å². The summed E-state index contributed by atoms with van der Waals surface area (Å²) in [7, 11) is -3.74. The third kappa shape index (κ3) is 4.59. The molecule has 0 spiro atoms. The maximum atomic E-state index is 13.6. The normalized spacial score (nSPS) is 11.8. The van der Waals surface area contributed by atoms with Gasteiger partial charge in [-0.2, -0.15) is 13.1 Å². The average Bonchev–Trinajstić information content (AvgIpc) is 2.29. The van der Waals surface area contributed by atoms with E-state index in [-0.39, 0.29) is 24.7 Å². The summed E-state index contributed by atoms with van der Waals surface area (Å²) >= 11 is 0. The molecule has 1 aromatic carbocycles. The first-order valence-corrected chi connectivity index (χ1v) is 7.08. The lowest BCUT2D eigenvalue weighted by Crippen LogP contribution is -2.33. The van der Waals surface area contributed by atoms with Crippen LogP contribution < -0.4 is 15.2 Å². The van der Waals surface area contributed by atoms with Gasteiger partial charge in [-0.3, -0.25) is 4.72 Å². The summed E-state index contributed by atoms with van der Waals surface area (Å²) in [5, 5.41) is 0. The molecule has 0 amide bonds. The smallest absolute Gasteiger partial charge is 0.299 e. The van der Waals surface area contributed by atoms with Crippen LogP contribution in [0.25, 0.3) is 0 Å². The standard InChI is InChI=1S/C11H18FN3O2S/c1-8(2)7-14-18(16,17)15-11-4-3-9(6-13)5-10(11)12/h3-5,8,14-15H,6-7,13H2,1-2H3. The van der Waals surface area contributed by atoms with E-state index >= 15 is 0 Å². The molecular weight excluding hydrogens is 257 g/mol. The molecule has 0 aromatic heterocycles. The minimum atomic E-state index is -3.74. The summed E-state index contributed by atoms with van der Waals surface area (Å²) in [5.41, 5.74) is 5.87. The zero-order chi connectivity index (χ0) is 13.8. The molecule has 0 saturated carbocycles. The van der Waals surface area contributed by atoms with E-state index in [0.717, 1.165) is 0 Å². The SMILES string of the molecule is CC(C)CNS(=O)(=O)Nc1ccc(CN)cc1F. The van der Waals surface area contributed by atoms with Gasteiger partial charge in [-0.15, -0.1) is 0 Å². The summed E-state index contributed by atoms with van der Waals surface area (Å²) in [4.78, 5) is 0. The molecule has 5 nitrogen and oxygen atoms in total. The van der Waals surface area contributed by atoms with Gasteiger partial charge in [0.1, 0.15) is 5.82 Å². The zero-order valence-electron chi connectivity index (χ0n) is 10.4. The molecule has 1 rings (SSSR count). The predicted octanol–water partition coefficient (Wildman–Crippen LogP) is 1.19. The summed E-state index contributed by atoms with van der Waals surface area (Å²) in [6, 6.07) is 4.13. The highest BCUT2D eigenvalue weighted by molar-refractivity contribution is 7.90. The minimum absolute atomic E-state index is 0.0940. The third-order valence-corrected chi connectivity index (χ3v) is 3.23. The molecule has 0 unspecified atom stereocenters. The van der Waals surface area contributed by atoms with E-state index in [4.69, 9.17) is 5.73 Å². The highest BCUT2D eigenvalue weighted by Crippen LogP contribution is 2.16. The molecule has 0 saturated heterocycles. The fourth-order valence-corrected chi connectivity index (χ4v) is 2.31. The number of rotatable bonds is 6. The lowest BCUT2D eigenvalue weighted by Gasteiger charge is -2.12. The van der Waals surface area contributed by atoms with Gasteiger partial charge in [-0.05, 0) is 23.6 Å². The Bertz CT molecular complexity index is 503. The molecule has 7 heteroatoms. The number of benzene rings is 1. The van der Waals surface area contributed by atoms with Crippen LogP contribution in [-0.2, 0) is 16.8 Å². The molecule has 0 atom stereocenters. The quantitative estimate of drug-likeness (QED) is 0.729. The van der Waals surface area contributed by atoms with Gasteiger partial charge in [0, 0.05) is 13.1 Å². The Balaban J connectivity index is 2.78. The van der Waals surface area contributed by atoms with Crippen LogP contribution in [0, 0.1) is 11.7 Å². The molecular formula is C11H18FN3O2S. The van der Waals surface area contributed by atoms with E-state index in [1.54, 1.807) is 6.07 Å². The first kappa shape index (κ1) is 14.9. The van der Waals surface area contributed by atoms with Crippen LogP contribution in [0.3, 0.4) is 0 Å². The molecule has 1 aromatic rings. The number of hydrogen-bond acceptors (Lipinski definition) is 3. The van der Waals surface area contributed by atoms with Crippen molar-refractivity contribution in [2.75, 3.05) is 11.3 Å². The summed E-state index contributed by atoms with van der Waals surface area (Å²) in [5.74, 6) is -0.473. The summed E-state index contributed by atoms with van der Waals surface area (Å²) in [6.07, 6.45) is 0. The predicted molar refractivity (Wildman–Crippen MR) is 69.7 cm³/mol. The van der Waals surface area contributed by atoms with E-state index in [2.05, 4.69) is 9.44 Å². The molecule has 102 valence electrons. The minimum Gasteiger partial charge on any atom is -0.326 e. The first-order chi connectivity index (χ1) is 8.34. The molecule has 0 aliphatic carbocycles. The van der Waals surface area contributed by atoms with Crippen molar-refractivity contribution in [3.63, 3.8) is 0 Å². The Labute approximate surface area is 107 Å². The summed E-state index contributed by atoms with van der Waals surface area (Å²) < 4.78 is 41.2. The Hall–Kier alpha value is -1.18. The van der Waals surface area contributed by atoms with Gasteiger partial charge in [0.2, 0.25) is 0 Å². The lowest BCUT2D eigenvalue weighted by molar-refractivity contribution is 0.563. The van der Waals surface area contributed by atoms with Crippen LogP contribution >= 0.6 is 0 Å². The van der Waals surface area contributed by atoms with E-state index in [9.17, 15) is 12.8 Å². The average molecular weight is 275 g/mol. The Morgan fingerprint density at radius 3 is 2.56 bits per heavy atom. The van der Waals surface area contributed by atoms with E-state index in [1.165, 1.54) is 12.1 Å². The molecule has 4 N–H and O–H groups in total. The van der Waals surface area contributed by atoms with E-state index in [0.29, 0.717) is 5.56 Å². The summed E-state index contributed by atoms with van der Waals surface area (Å²) in [6.45, 7) is 4.24. The highest BCUT2D eigenvalue weighted by Gasteiger charge is 2.13. The number of nitrogens with two attached hydrogens (primary N) is 1. The van der Waals surface area contributed by atoms with Crippen molar-refractivity contribution in [3.8, 4) is 0 Å². The van der Waals surface area contributed by atoms with Crippen molar-refractivity contribution in [1.29, 1.82) is 0 Å². The van der Waals surface area contributed by atoms with Crippen molar-refractivity contribution in [3.05, 3.63) is 29.6 Å². The maximum Gasteiger partial charge on any atom is 0.299 e. The van der Waals surface area contributed by atoms with Crippen LogP contribution in [0.5, 0.6) is 0 Å². The van der Waals surface area contributed by atoms with Gasteiger partial charge >= 0.3 is 0 Å². The lowest BCUT2D eigenvalue weighted by atomic mass is 10.2.